The number of rotatable bonds is 9. The number of hydrogen-bond acceptors (Lipinski definition) is 4. The fourth-order valence-electron chi connectivity index (χ4n) is 1.81. The lowest BCUT2D eigenvalue weighted by Gasteiger charge is -2.19. The van der Waals surface area contributed by atoms with Gasteiger partial charge < -0.3 is 19.5 Å². The Morgan fingerprint density at radius 3 is 2.21 bits per heavy atom. The fourth-order valence-corrected chi connectivity index (χ4v) is 1.81. The van der Waals surface area contributed by atoms with Crippen molar-refractivity contribution in [2.75, 3.05) is 27.4 Å². The van der Waals surface area contributed by atoms with E-state index in [9.17, 15) is 0 Å². The van der Waals surface area contributed by atoms with E-state index in [-0.39, 0.29) is 0 Å². The van der Waals surface area contributed by atoms with E-state index in [1.165, 1.54) is 0 Å². The van der Waals surface area contributed by atoms with Crippen LogP contribution in [-0.2, 0) is 0 Å². The third-order valence-corrected chi connectivity index (χ3v) is 2.99. The van der Waals surface area contributed by atoms with Gasteiger partial charge in [-0.15, -0.1) is 0 Å². The molecule has 0 heterocycles. The molecule has 0 saturated carbocycles. The summed E-state index contributed by atoms with van der Waals surface area (Å²) in [7, 11) is 3.27. The molecule has 0 amide bonds. The smallest absolute Gasteiger partial charge is 0.203 e. The number of ether oxygens (including phenoxy) is 3. The largest absolute Gasteiger partial charge is 0.493 e. The van der Waals surface area contributed by atoms with E-state index in [1.54, 1.807) is 14.2 Å². The monoisotopic (exact) mass is 267 g/mol. The molecule has 1 atom stereocenters. The minimum atomic E-state index is 0.342. The van der Waals surface area contributed by atoms with Crippen LogP contribution in [0.3, 0.4) is 0 Å². The zero-order valence-electron chi connectivity index (χ0n) is 12.4. The molecule has 0 saturated heterocycles. The minimum Gasteiger partial charge on any atom is -0.493 e. The fraction of sp³-hybridized carbons (Fsp3) is 0.600. The first-order valence-electron chi connectivity index (χ1n) is 6.83. The Balaban J connectivity index is 2.69. The summed E-state index contributed by atoms with van der Waals surface area (Å²) >= 11 is 0. The molecule has 0 aromatic heterocycles. The van der Waals surface area contributed by atoms with E-state index >= 15 is 0 Å². The quantitative estimate of drug-likeness (QED) is 0.747. The summed E-state index contributed by atoms with van der Waals surface area (Å²) < 4.78 is 16.5. The van der Waals surface area contributed by atoms with Crippen molar-refractivity contribution in [2.45, 2.75) is 32.7 Å². The van der Waals surface area contributed by atoms with Crippen LogP contribution >= 0.6 is 0 Å². The Kier molecular flexibility index (Phi) is 7.11. The lowest BCUT2D eigenvalue weighted by atomic mass is 10.2. The summed E-state index contributed by atoms with van der Waals surface area (Å²) in [5.41, 5.74) is 0. The summed E-state index contributed by atoms with van der Waals surface area (Å²) in [6, 6.07) is 5.97. The first-order valence-corrected chi connectivity index (χ1v) is 6.83. The molecule has 0 radical (unpaired) electrons. The van der Waals surface area contributed by atoms with Crippen LogP contribution < -0.4 is 19.5 Å². The molecule has 108 valence electrons. The molecule has 1 rings (SSSR count). The van der Waals surface area contributed by atoms with Crippen LogP contribution in [0.15, 0.2) is 18.2 Å². The normalized spacial score (nSPS) is 12.0. The van der Waals surface area contributed by atoms with E-state index < -0.39 is 0 Å². The van der Waals surface area contributed by atoms with Gasteiger partial charge in [-0.05, 0) is 31.5 Å². The zero-order valence-corrected chi connectivity index (χ0v) is 12.4. The molecule has 0 fully saturated rings. The summed E-state index contributed by atoms with van der Waals surface area (Å²) in [5, 5.41) is 3.46. The van der Waals surface area contributed by atoms with Crippen LogP contribution in [-0.4, -0.2) is 33.4 Å². The van der Waals surface area contributed by atoms with Crippen molar-refractivity contribution in [1.29, 1.82) is 0 Å². The molecule has 0 spiro atoms. The number of nitrogens with one attached hydrogen (secondary N) is 1. The number of hydrogen-bond donors (Lipinski definition) is 1. The second-order valence-corrected chi connectivity index (χ2v) is 4.36. The van der Waals surface area contributed by atoms with Crippen LogP contribution in [0.2, 0.25) is 0 Å². The van der Waals surface area contributed by atoms with E-state index in [0.717, 1.165) is 19.4 Å². The van der Waals surface area contributed by atoms with Crippen LogP contribution in [0.1, 0.15) is 26.7 Å². The van der Waals surface area contributed by atoms with Crippen LogP contribution in [0, 0.1) is 0 Å². The molecule has 1 N–H and O–H groups in total. The standard InChI is InChI=1S/C15H25NO3/c1-5-10-16-12(6-2)11-19-15-13(17-3)8-7-9-14(15)18-4/h7-9,12,16H,5-6,10-11H2,1-4H3. The summed E-state index contributed by atoms with van der Waals surface area (Å²) in [5.74, 6) is 2.07. The second-order valence-electron chi connectivity index (χ2n) is 4.36. The molecule has 1 aromatic carbocycles. The van der Waals surface area contributed by atoms with Crippen molar-refractivity contribution in [3.05, 3.63) is 18.2 Å². The highest BCUT2D eigenvalue weighted by Gasteiger charge is 2.13. The van der Waals surface area contributed by atoms with Crippen LogP contribution in [0.25, 0.3) is 0 Å². The van der Waals surface area contributed by atoms with Gasteiger partial charge >= 0.3 is 0 Å². The molecule has 0 aliphatic carbocycles. The SMILES string of the molecule is CCCNC(CC)COc1c(OC)cccc1OC. The molecular weight excluding hydrogens is 242 g/mol. The first kappa shape index (κ1) is 15.6. The molecule has 4 nitrogen and oxygen atoms in total. The van der Waals surface area contributed by atoms with Crippen LogP contribution in [0.5, 0.6) is 17.2 Å². The van der Waals surface area contributed by atoms with E-state index in [1.807, 2.05) is 18.2 Å². The highest BCUT2D eigenvalue weighted by molar-refractivity contribution is 5.51. The summed E-state index contributed by atoms with van der Waals surface area (Å²) in [4.78, 5) is 0. The number of benzene rings is 1. The van der Waals surface area contributed by atoms with Crippen molar-refractivity contribution < 1.29 is 14.2 Å². The second kappa shape index (κ2) is 8.64. The maximum Gasteiger partial charge on any atom is 0.203 e. The van der Waals surface area contributed by atoms with Gasteiger partial charge in [0.25, 0.3) is 0 Å². The van der Waals surface area contributed by atoms with Gasteiger partial charge in [0.1, 0.15) is 6.61 Å². The van der Waals surface area contributed by atoms with Crippen molar-refractivity contribution in [1.82, 2.24) is 5.32 Å². The highest BCUT2D eigenvalue weighted by Crippen LogP contribution is 2.36. The average molecular weight is 267 g/mol. The molecule has 0 aliphatic heterocycles. The molecule has 0 bridgehead atoms. The number of para-hydroxylation sites is 1. The average Bonchev–Trinajstić information content (AvgIpc) is 2.47. The molecule has 1 unspecified atom stereocenters. The third-order valence-electron chi connectivity index (χ3n) is 2.99. The Morgan fingerprint density at radius 1 is 1.11 bits per heavy atom. The van der Waals surface area contributed by atoms with Crippen molar-refractivity contribution in [2.24, 2.45) is 0 Å². The van der Waals surface area contributed by atoms with E-state index in [2.05, 4.69) is 19.2 Å². The Hall–Kier alpha value is -1.42. The van der Waals surface area contributed by atoms with Crippen molar-refractivity contribution in [3.63, 3.8) is 0 Å². The maximum absolute atomic E-state index is 5.89. The van der Waals surface area contributed by atoms with Gasteiger partial charge in [0, 0.05) is 6.04 Å². The molecule has 1 aromatic rings. The third kappa shape index (κ3) is 4.63. The summed E-state index contributed by atoms with van der Waals surface area (Å²) in [6.45, 7) is 5.91. The lowest BCUT2D eigenvalue weighted by Crippen LogP contribution is -2.34. The Labute approximate surface area is 116 Å². The van der Waals surface area contributed by atoms with Crippen LogP contribution in [0.4, 0.5) is 0 Å². The molecule has 19 heavy (non-hydrogen) atoms. The zero-order chi connectivity index (χ0) is 14.1. The predicted octanol–water partition coefficient (Wildman–Crippen LogP) is 2.86. The number of methoxy groups -OCH3 is 2. The minimum absolute atomic E-state index is 0.342. The lowest BCUT2D eigenvalue weighted by molar-refractivity contribution is 0.237. The van der Waals surface area contributed by atoms with Gasteiger partial charge in [-0.2, -0.15) is 0 Å². The molecular formula is C15H25NO3. The molecule has 0 aliphatic rings. The van der Waals surface area contributed by atoms with E-state index in [0.29, 0.717) is 29.9 Å². The van der Waals surface area contributed by atoms with Gasteiger partial charge in [0.15, 0.2) is 11.5 Å². The Morgan fingerprint density at radius 2 is 1.74 bits per heavy atom. The van der Waals surface area contributed by atoms with Gasteiger partial charge in [-0.25, -0.2) is 0 Å². The summed E-state index contributed by atoms with van der Waals surface area (Å²) in [6.07, 6.45) is 2.14. The van der Waals surface area contributed by atoms with E-state index in [4.69, 9.17) is 14.2 Å². The molecule has 4 heteroatoms. The van der Waals surface area contributed by atoms with Gasteiger partial charge in [-0.1, -0.05) is 19.9 Å². The Bertz CT molecular complexity index is 346. The van der Waals surface area contributed by atoms with Crippen molar-refractivity contribution in [3.8, 4) is 17.2 Å². The first-order chi connectivity index (χ1) is 9.26. The van der Waals surface area contributed by atoms with Gasteiger partial charge in [-0.3, -0.25) is 0 Å². The highest BCUT2D eigenvalue weighted by atomic mass is 16.5. The predicted molar refractivity (Wildman–Crippen MR) is 77.4 cm³/mol. The topological polar surface area (TPSA) is 39.7 Å². The van der Waals surface area contributed by atoms with Gasteiger partial charge in [0.2, 0.25) is 5.75 Å². The van der Waals surface area contributed by atoms with Crippen molar-refractivity contribution >= 4 is 0 Å². The maximum atomic E-state index is 5.89. The van der Waals surface area contributed by atoms with Gasteiger partial charge in [0.05, 0.1) is 14.2 Å².